The van der Waals surface area contributed by atoms with Crippen LogP contribution in [0.1, 0.15) is 31.9 Å². The Morgan fingerprint density at radius 2 is 1.54 bits per heavy atom. The number of rotatable bonds is 11. The number of nitrogens with zero attached hydrogens (tertiary/aromatic N) is 3. The number of nitrogens with one attached hydrogen (secondary N) is 2. The number of hydrogen-bond donors (Lipinski definition) is 3. The highest BCUT2D eigenvalue weighted by molar-refractivity contribution is 5.91. The van der Waals surface area contributed by atoms with Gasteiger partial charge in [0.15, 0.2) is 0 Å². The van der Waals surface area contributed by atoms with E-state index in [2.05, 4.69) is 30.5 Å². The van der Waals surface area contributed by atoms with Gasteiger partial charge in [0.05, 0.1) is 12.0 Å². The topological polar surface area (TPSA) is 166 Å². The third-order valence-electron chi connectivity index (χ3n) is 7.14. The lowest BCUT2D eigenvalue weighted by molar-refractivity contribution is -0.274. The number of alkyl halides is 3. The Bertz CT molecular complexity index is 2040. The predicted octanol–water partition coefficient (Wildman–Crippen LogP) is 7.20. The summed E-state index contributed by atoms with van der Waals surface area (Å²) in [6.45, 7) is 5.35. The maximum atomic E-state index is 15.2. The molecule has 0 aliphatic heterocycles. The van der Waals surface area contributed by atoms with E-state index in [0.29, 0.717) is 22.3 Å². The first-order valence-electron chi connectivity index (χ1n) is 15.6. The summed E-state index contributed by atoms with van der Waals surface area (Å²) in [6, 6.07) is 16.5. The third kappa shape index (κ3) is 10.3. The van der Waals surface area contributed by atoms with Gasteiger partial charge in [-0.15, -0.1) is 13.2 Å². The Kier molecular flexibility index (Phi) is 10.9. The van der Waals surface area contributed by atoms with Crippen molar-refractivity contribution in [2.75, 3.05) is 5.32 Å². The molecule has 5 rings (SSSR count). The van der Waals surface area contributed by atoms with Crippen LogP contribution in [0.5, 0.6) is 5.75 Å². The van der Waals surface area contributed by atoms with Gasteiger partial charge in [-0.1, -0.05) is 35.5 Å². The molecule has 3 N–H and O–H groups in total. The summed E-state index contributed by atoms with van der Waals surface area (Å²) >= 11 is 0. The molecule has 0 fully saturated rings. The van der Waals surface area contributed by atoms with Gasteiger partial charge in [-0.2, -0.15) is 4.98 Å². The zero-order valence-electron chi connectivity index (χ0n) is 27.8. The van der Waals surface area contributed by atoms with Crippen LogP contribution in [0, 0.1) is 5.82 Å². The van der Waals surface area contributed by atoms with Crippen molar-refractivity contribution in [3.8, 4) is 39.7 Å². The van der Waals surface area contributed by atoms with Gasteiger partial charge in [0, 0.05) is 23.7 Å². The number of carboxylic acid groups (broad SMARTS) is 1. The molecule has 270 valence electrons. The number of esters is 1. The van der Waals surface area contributed by atoms with E-state index in [1.54, 1.807) is 51.1 Å². The number of carbonyl (C=O) groups is 3. The fourth-order valence-corrected chi connectivity index (χ4v) is 4.86. The molecule has 2 amide bonds. The summed E-state index contributed by atoms with van der Waals surface area (Å²) < 4.78 is 66.9. The van der Waals surface area contributed by atoms with E-state index >= 15 is 4.39 Å². The van der Waals surface area contributed by atoms with E-state index in [1.165, 1.54) is 36.5 Å². The van der Waals surface area contributed by atoms with Gasteiger partial charge in [0.1, 0.15) is 29.0 Å². The van der Waals surface area contributed by atoms with Crippen molar-refractivity contribution in [2.45, 2.75) is 51.6 Å². The van der Waals surface area contributed by atoms with Crippen LogP contribution < -0.4 is 15.4 Å². The Hall–Kier alpha value is -6.32. The average molecular weight is 722 g/mol. The van der Waals surface area contributed by atoms with Gasteiger partial charge < -0.3 is 24.4 Å². The Morgan fingerprint density at radius 1 is 0.885 bits per heavy atom. The van der Waals surface area contributed by atoms with E-state index in [0.717, 1.165) is 18.2 Å². The minimum absolute atomic E-state index is 0.00187. The van der Waals surface area contributed by atoms with Gasteiger partial charge in [-0.05, 0) is 86.0 Å². The van der Waals surface area contributed by atoms with Gasteiger partial charge >= 0.3 is 24.3 Å². The number of urea groups is 1. The highest BCUT2D eigenvalue weighted by Gasteiger charge is 2.31. The summed E-state index contributed by atoms with van der Waals surface area (Å²) in [5.74, 6) is -2.75. The number of aromatic nitrogens is 3. The van der Waals surface area contributed by atoms with Crippen LogP contribution in [-0.2, 0) is 27.2 Å². The van der Waals surface area contributed by atoms with Crippen molar-refractivity contribution in [2.24, 2.45) is 0 Å². The maximum Gasteiger partial charge on any atom is 0.573 e. The number of carboxylic acids is 1. The molecule has 0 bridgehead atoms. The summed E-state index contributed by atoms with van der Waals surface area (Å²) in [4.78, 5) is 45.0. The quantitative estimate of drug-likeness (QED) is 0.0938. The molecule has 5 aromatic rings. The highest BCUT2D eigenvalue weighted by Crippen LogP contribution is 2.28. The third-order valence-corrected chi connectivity index (χ3v) is 7.14. The molecule has 2 aromatic heterocycles. The van der Waals surface area contributed by atoms with Crippen molar-refractivity contribution >= 4 is 23.8 Å². The molecule has 52 heavy (non-hydrogen) atoms. The largest absolute Gasteiger partial charge is 0.573 e. The van der Waals surface area contributed by atoms with Crippen LogP contribution in [0.2, 0.25) is 0 Å². The molecule has 2 heterocycles. The summed E-state index contributed by atoms with van der Waals surface area (Å²) in [7, 11) is 0. The molecule has 16 heteroatoms. The lowest BCUT2D eigenvalue weighted by Crippen LogP contribution is -2.44. The molecule has 1 atom stereocenters. The summed E-state index contributed by atoms with van der Waals surface area (Å²) in [5.41, 5.74) is 1.97. The summed E-state index contributed by atoms with van der Waals surface area (Å²) in [5, 5.41) is 18.3. The number of benzene rings is 3. The van der Waals surface area contributed by atoms with Crippen LogP contribution in [0.3, 0.4) is 0 Å². The number of ether oxygens (including phenoxy) is 2. The lowest BCUT2D eigenvalue weighted by Gasteiger charge is -2.19. The van der Waals surface area contributed by atoms with E-state index < -0.39 is 35.8 Å². The van der Waals surface area contributed by atoms with Crippen molar-refractivity contribution in [3.63, 3.8) is 0 Å². The zero-order valence-corrected chi connectivity index (χ0v) is 27.8. The van der Waals surface area contributed by atoms with E-state index in [9.17, 15) is 32.7 Å². The number of hydrogen-bond acceptors (Lipinski definition) is 9. The first kappa shape index (κ1) is 36.9. The molecule has 3 aromatic carbocycles. The zero-order chi connectivity index (χ0) is 37.6. The molecule has 1 unspecified atom stereocenters. The minimum Gasteiger partial charge on any atom is -0.480 e. The maximum absolute atomic E-state index is 15.2. The average Bonchev–Trinajstić information content (AvgIpc) is 3.54. The van der Waals surface area contributed by atoms with Gasteiger partial charge in [0.2, 0.25) is 5.82 Å². The van der Waals surface area contributed by atoms with Crippen LogP contribution in [0.4, 0.5) is 28.2 Å². The second-order valence-corrected chi connectivity index (χ2v) is 12.4. The number of anilines is 1. The Morgan fingerprint density at radius 3 is 2.13 bits per heavy atom. The fourth-order valence-electron chi connectivity index (χ4n) is 4.86. The first-order valence-corrected chi connectivity index (χ1v) is 15.6. The molecule has 0 aliphatic rings. The number of halogens is 4. The number of carbonyl (C=O) groups excluding carboxylic acids is 2. The molecule has 12 nitrogen and oxygen atoms in total. The molecule has 0 saturated carbocycles. The Labute approximate surface area is 293 Å². The monoisotopic (exact) mass is 721 g/mol. The molecular weight excluding hydrogens is 690 g/mol. The van der Waals surface area contributed by atoms with Gasteiger partial charge in [0.25, 0.3) is 5.89 Å². The standard InChI is InChI=1S/C36H31F4N5O7/c1-35(2,3)51-30(46)18-20-4-7-23(8-5-20)32-44-31(45-52-32)26-14-6-21(16-27(26)37)17-28(33(47)48)42-34(49)43-29-15-11-24(19-41-29)22-9-12-25(13-10-22)50-36(38,39)40/h4-16,19,28H,17-18H2,1-3H3,(H,47,48)(H2,41,42,43,49). The Balaban J connectivity index is 1.17. The highest BCUT2D eigenvalue weighted by atomic mass is 19.4. The SMILES string of the molecule is CC(C)(C)OC(=O)Cc1ccc(-c2nc(-c3ccc(CC(NC(=O)Nc4ccc(-c5ccc(OC(F)(F)F)cc5)cn4)C(=O)O)cc3F)no2)cc1. The van der Waals surface area contributed by atoms with E-state index in [4.69, 9.17) is 9.26 Å². The molecule has 0 spiro atoms. The normalized spacial score (nSPS) is 12.1. The molecule has 0 aliphatic carbocycles. The predicted molar refractivity (Wildman–Crippen MR) is 178 cm³/mol. The molecule has 0 saturated heterocycles. The van der Waals surface area contributed by atoms with Gasteiger partial charge in [-0.3, -0.25) is 10.1 Å². The van der Waals surface area contributed by atoms with E-state index in [-0.39, 0.29) is 53.2 Å². The smallest absolute Gasteiger partial charge is 0.480 e. The molecule has 0 radical (unpaired) electrons. The van der Waals surface area contributed by atoms with Crippen LogP contribution in [-0.4, -0.2) is 56.2 Å². The van der Waals surface area contributed by atoms with Crippen LogP contribution >= 0.6 is 0 Å². The van der Waals surface area contributed by atoms with Crippen molar-refractivity contribution in [1.82, 2.24) is 20.4 Å². The second kappa shape index (κ2) is 15.3. The molecular formula is C36H31F4N5O7. The fraction of sp³-hybridized carbons (Fsp3) is 0.222. The van der Waals surface area contributed by atoms with Crippen molar-refractivity contribution in [1.29, 1.82) is 0 Å². The van der Waals surface area contributed by atoms with Crippen LogP contribution in [0.25, 0.3) is 34.0 Å². The first-order chi connectivity index (χ1) is 24.5. The number of amides is 2. The minimum atomic E-state index is -4.82. The summed E-state index contributed by atoms with van der Waals surface area (Å²) in [6.07, 6.45) is -3.64. The number of pyridine rings is 1. The van der Waals surface area contributed by atoms with E-state index in [1.807, 2.05) is 0 Å². The van der Waals surface area contributed by atoms with Gasteiger partial charge in [-0.25, -0.2) is 19.0 Å². The second-order valence-electron chi connectivity index (χ2n) is 12.4. The number of aliphatic carboxylic acids is 1. The lowest BCUT2D eigenvalue weighted by atomic mass is 10.0. The van der Waals surface area contributed by atoms with Crippen molar-refractivity contribution in [3.05, 3.63) is 102 Å². The van der Waals surface area contributed by atoms with Crippen LogP contribution in [0.15, 0.2) is 89.6 Å². The van der Waals surface area contributed by atoms with Crippen molar-refractivity contribution < 1.29 is 51.0 Å².